The van der Waals surface area contributed by atoms with Crippen molar-refractivity contribution in [2.45, 2.75) is 26.2 Å². The molecular formula is C20H20. The first kappa shape index (κ1) is 12.9. The van der Waals surface area contributed by atoms with Crippen LogP contribution in [0.15, 0.2) is 61.2 Å². The number of hydrogen-bond acceptors (Lipinski definition) is 0. The van der Waals surface area contributed by atoms with Crippen molar-refractivity contribution in [2.75, 3.05) is 0 Å². The maximum Gasteiger partial charge on any atom is 0.0158 e. The quantitative estimate of drug-likeness (QED) is 0.618. The molecule has 0 N–H and O–H groups in total. The van der Waals surface area contributed by atoms with E-state index in [1.165, 1.54) is 33.4 Å². The summed E-state index contributed by atoms with van der Waals surface area (Å²) in [5, 5.41) is 0. The fourth-order valence-electron chi connectivity index (χ4n) is 3.30. The molecule has 0 radical (unpaired) electrons. The third kappa shape index (κ3) is 1.68. The number of fused-ring (bicyclic) bond motifs is 3. The van der Waals surface area contributed by atoms with E-state index in [2.05, 4.69) is 75.9 Å². The summed E-state index contributed by atoms with van der Waals surface area (Å²) < 4.78 is 0. The number of benzene rings is 2. The zero-order valence-corrected chi connectivity index (χ0v) is 12.4. The van der Waals surface area contributed by atoms with Gasteiger partial charge in [0.1, 0.15) is 0 Å². The van der Waals surface area contributed by atoms with E-state index < -0.39 is 0 Å². The molecule has 0 bridgehead atoms. The number of rotatable bonds is 2. The molecule has 1 aliphatic carbocycles. The van der Waals surface area contributed by atoms with Crippen LogP contribution in [0.1, 0.15) is 37.5 Å². The standard InChI is InChI=1S/C20H20/c1-5-14(6-2)15-11-12-19-17(13-15)16-9-7-8-10-18(16)20(19,3)4/h5-13H,1H2,2-4H3/b14-6+. The third-order valence-corrected chi connectivity index (χ3v) is 4.45. The Labute approximate surface area is 121 Å². The molecule has 0 aromatic heterocycles. The second kappa shape index (κ2) is 4.49. The van der Waals surface area contributed by atoms with Crippen LogP contribution < -0.4 is 0 Å². The molecule has 20 heavy (non-hydrogen) atoms. The SMILES string of the molecule is C=C/C(=C\C)c1ccc2c(c1)-c1ccccc1C2(C)C. The van der Waals surface area contributed by atoms with Crippen molar-refractivity contribution in [3.8, 4) is 11.1 Å². The van der Waals surface area contributed by atoms with Gasteiger partial charge >= 0.3 is 0 Å². The average molecular weight is 260 g/mol. The first-order chi connectivity index (χ1) is 9.59. The molecule has 0 spiro atoms. The highest BCUT2D eigenvalue weighted by molar-refractivity contribution is 5.85. The molecule has 0 heterocycles. The molecule has 1 aliphatic rings. The fraction of sp³-hybridized carbons (Fsp3) is 0.200. The Morgan fingerprint density at radius 1 is 1.00 bits per heavy atom. The summed E-state index contributed by atoms with van der Waals surface area (Å²) in [5.41, 5.74) is 8.10. The lowest BCUT2D eigenvalue weighted by Crippen LogP contribution is -2.14. The molecule has 0 saturated carbocycles. The number of hydrogen-bond donors (Lipinski definition) is 0. The van der Waals surface area contributed by atoms with Crippen molar-refractivity contribution < 1.29 is 0 Å². The van der Waals surface area contributed by atoms with Crippen LogP contribution in [-0.4, -0.2) is 0 Å². The smallest absolute Gasteiger partial charge is 0.0158 e. The Hall–Kier alpha value is -2.08. The molecule has 0 amide bonds. The normalized spacial score (nSPS) is 15.7. The first-order valence-electron chi connectivity index (χ1n) is 7.13. The van der Waals surface area contributed by atoms with Crippen molar-refractivity contribution in [1.82, 2.24) is 0 Å². The summed E-state index contributed by atoms with van der Waals surface area (Å²) in [4.78, 5) is 0. The van der Waals surface area contributed by atoms with Crippen molar-refractivity contribution >= 4 is 5.57 Å². The van der Waals surface area contributed by atoms with Crippen LogP contribution in [0.2, 0.25) is 0 Å². The van der Waals surface area contributed by atoms with Gasteiger partial charge in [-0.05, 0) is 46.4 Å². The van der Waals surface area contributed by atoms with Gasteiger partial charge in [-0.2, -0.15) is 0 Å². The van der Waals surface area contributed by atoms with Crippen LogP contribution >= 0.6 is 0 Å². The predicted molar refractivity (Wildman–Crippen MR) is 87.9 cm³/mol. The van der Waals surface area contributed by atoms with Gasteiger partial charge in [0, 0.05) is 5.41 Å². The molecule has 0 unspecified atom stereocenters. The average Bonchev–Trinajstić information content (AvgIpc) is 2.70. The van der Waals surface area contributed by atoms with E-state index in [-0.39, 0.29) is 5.41 Å². The van der Waals surface area contributed by atoms with Crippen molar-refractivity contribution in [3.05, 3.63) is 77.9 Å². The monoisotopic (exact) mass is 260 g/mol. The zero-order valence-electron chi connectivity index (χ0n) is 12.4. The van der Waals surface area contributed by atoms with Crippen LogP contribution in [0.4, 0.5) is 0 Å². The van der Waals surface area contributed by atoms with E-state index >= 15 is 0 Å². The van der Waals surface area contributed by atoms with Gasteiger partial charge in [0.05, 0.1) is 0 Å². The van der Waals surface area contributed by atoms with Crippen LogP contribution in [-0.2, 0) is 5.41 Å². The van der Waals surface area contributed by atoms with Crippen molar-refractivity contribution in [3.63, 3.8) is 0 Å². The Bertz CT molecular complexity index is 715. The molecule has 3 rings (SSSR count). The van der Waals surface area contributed by atoms with Crippen LogP contribution in [0, 0.1) is 0 Å². The van der Waals surface area contributed by atoms with E-state index in [0.717, 1.165) is 0 Å². The topological polar surface area (TPSA) is 0 Å². The minimum atomic E-state index is 0.0920. The van der Waals surface area contributed by atoms with E-state index in [4.69, 9.17) is 0 Å². The van der Waals surface area contributed by atoms with Gasteiger partial charge in [-0.25, -0.2) is 0 Å². The summed E-state index contributed by atoms with van der Waals surface area (Å²) in [6.07, 6.45) is 4.04. The largest absolute Gasteiger partial charge is 0.0985 e. The molecule has 0 atom stereocenters. The minimum Gasteiger partial charge on any atom is -0.0985 e. The summed E-state index contributed by atoms with van der Waals surface area (Å²) in [6, 6.07) is 15.5. The van der Waals surface area contributed by atoms with Crippen LogP contribution in [0.5, 0.6) is 0 Å². The lowest BCUT2D eigenvalue weighted by Gasteiger charge is -2.21. The summed E-state index contributed by atoms with van der Waals surface area (Å²) >= 11 is 0. The van der Waals surface area contributed by atoms with Crippen LogP contribution in [0.3, 0.4) is 0 Å². The zero-order chi connectivity index (χ0) is 14.3. The second-order valence-corrected chi connectivity index (χ2v) is 5.88. The molecule has 0 fully saturated rings. The molecule has 100 valence electrons. The predicted octanol–water partition coefficient (Wildman–Crippen LogP) is 5.58. The van der Waals surface area contributed by atoms with E-state index in [1.807, 2.05) is 6.08 Å². The first-order valence-corrected chi connectivity index (χ1v) is 7.13. The van der Waals surface area contributed by atoms with Crippen LogP contribution in [0.25, 0.3) is 16.7 Å². The van der Waals surface area contributed by atoms with Gasteiger partial charge in [-0.15, -0.1) is 0 Å². The van der Waals surface area contributed by atoms with E-state index in [1.54, 1.807) is 0 Å². The Balaban J connectivity index is 2.27. The fourth-order valence-corrected chi connectivity index (χ4v) is 3.30. The lowest BCUT2D eigenvalue weighted by molar-refractivity contribution is 0.660. The Morgan fingerprint density at radius 3 is 2.40 bits per heavy atom. The van der Waals surface area contributed by atoms with Gasteiger partial charge in [0.15, 0.2) is 0 Å². The summed E-state index contributed by atoms with van der Waals surface area (Å²) in [5.74, 6) is 0. The lowest BCUT2D eigenvalue weighted by atomic mass is 9.82. The molecule has 0 heteroatoms. The van der Waals surface area contributed by atoms with Gasteiger partial charge in [-0.3, -0.25) is 0 Å². The summed E-state index contributed by atoms with van der Waals surface area (Å²) in [6.45, 7) is 10.6. The molecule has 0 aliphatic heterocycles. The molecule has 0 nitrogen and oxygen atoms in total. The highest BCUT2D eigenvalue weighted by Crippen LogP contribution is 2.48. The van der Waals surface area contributed by atoms with E-state index in [9.17, 15) is 0 Å². The molecule has 2 aromatic carbocycles. The van der Waals surface area contributed by atoms with E-state index in [0.29, 0.717) is 0 Å². The number of allylic oxidation sites excluding steroid dienone is 3. The third-order valence-electron chi connectivity index (χ3n) is 4.45. The van der Waals surface area contributed by atoms with Crippen molar-refractivity contribution in [2.24, 2.45) is 0 Å². The minimum absolute atomic E-state index is 0.0920. The van der Waals surface area contributed by atoms with Gasteiger partial charge < -0.3 is 0 Å². The second-order valence-electron chi connectivity index (χ2n) is 5.88. The van der Waals surface area contributed by atoms with Gasteiger partial charge in [-0.1, -0.05) is 69.0 Å². The maximum absolute atomic E-state index is 3.91. The van der Waals surface area contributed by atoms with Gasteiger partial charge in [0.2, 0.25) is 0 Å². The highest BCUT2D eigenvalue weighted by atomic mass is 14.4. The molecule has 2 aromatic rings. The maximum atomic E-state index is 3.91. The Kier molecular flexibility index (Phi) is 2.90. The van der Waals surface area contributed by atoms with Crippen molar-refractivity contribution in [1.29, 1.82) is 0 Å². The highest BCUT2D eigenvalue weighted by Gasteiger charge is 2.34. The summed E-state index contributed by atoms with van der Waals surface area (Å²) in [7, 11) is 0. The van der Waals surface area contributed by atoms with Gasteiger partial charge in [0.25, 0.3) is 0 Å². The molecular weight excluding hydrogens is 240 g/mol. The molecule has 0 saturated heterocycles. The Morgan fingerprint density at radius 2 is 1.70 bits per heavy atom.